The molecule has 0 saturated carbocycles. The van der Waals surface area contributed by atoms with Gasteiger partial charge in [0.25, 0.3) is 5.91 Å². The van der Waals surface area contributed by atoms with E-state index in [-0.39, 0.29) is 18.4 Å². The Morgan fingerprint density at radius 3 is 2.64 bits per heavy atom. The highest BCUT2D eigenvalue weighted by Crippen LogP contribution is 2.32. The molecule has 0 atom stereocenters. The van der Waals surface area contributed by atoms with Crippen LogP contribution in [0, 0.1) is 6.92 Å². The molecule has 0 aliphatic carbocycles. The smallest absolute Gasteiger partial charge is 0.339 e. The molecular weight excluding hydrogens is 420 g/mol. The molecule has 172 valence electrons. The van der Waals surface area contributed by atoms with Gasteiger partial charge in [0.15, 0.2) is 0 Å². The van der Waals surface area contributed by atoms with Gasteiger partial charge in [-0.1, -0.05) is 18.6 Å². The lowest BCUT2D eigenvalue weighted by molar-refractivity contribution is 0.0501. The molecule has 0 radical (unpaired) electrons. The summed E-state index contributed by atoms with van der Waals surface area (Å²) in [6, 6.07) is 11.0. The second kappa shape index (κ2) is 9.48. The molecule has 1 aromatic heterocycles. The lowest BCUT2D eigenvalue weighted by atomic mass is 9.94. The molecule has 7 heteroatoms. The third-order valence-electron chi connectivity index (χ3n) is 5.86. The molecule has 7 nitrogen and oxygen atoms in total. The van der Waals surface area contributed by atoms with E-state index in [9.17, 15) is 9.59 Å². The van der Waals surface area contributed by atoms with Crippen molar-refractivity contribution in [1.29, 1.82) is 0 Å². The van der Waals surface area contributed by atoms with Crippen LogP contribution in [0.5, 0.6) is 11.5 Å². The lowest BCUT2D eigenvalue weighted by Crippen LogP contribution is -2.37. The topological polar surface area (TPSA) is 78.0 Å². The zero-order chi connectivity index (χ0) is 23.5. The minimum atomic E-state index is -0.373. The number of nitrogens with zero attached hydrogens (tertiary/aromatic N) is 2. The van der Waals surface area contributed by atoms with Crippen LogP contribution < -0.4 is 9.47 Å². The average molecular weight is 449 g/mol. The number of rotatable bonds is 6. The Labute approximate surface area is 193 Å². The number of carbonyl (C=O) groups is 2. The molecule has 0 N–H and O–H groups in total. The maximum atomic E-state index is 13.4. The first-order chi connectivity index (χ1) is 16.0. The molecule has 1 aliphatic heterocycles. The number of benzene rings is 2. The first-order valence-corrected chi connectivity index (χ1v) is 11.1. The van der Waals surface area contributed by atoms with Crippen molar-refractivity contribution < 1.29 is 23.8 Å². The van der Waals surface area contributed by atoms with E-state index in [1.165, 1.54) is 7.11 Å². The minimum absolute atomic E-state index is 0.169. The number of amides is 1. The zero-order valence-corrected chi connectivity index (χ0v) is 19.4. The van der Waals surface area contributed by atoms with Crippen molar-refractivity contribution in [2.75, 3.05) is 27.4 Å². The summed E-state index contributed by atoms with van der Waals surface area (Å²) in [4.78, 5) is 33.1. The van der Waals surface area contributed by atoms with Crippen molar-refractivity contribution in [3.8, 4) is 11.5 Å². The second-order valence-electron chi connectivity index (χ2n) is 8.11. The second-order valence-corrected chi connectivity index (χ2v) is 8.11. The van der Waals surface area contributed by atoms with Crippen molar-refractivity contribution >= 4 is 22.8 Å². The first kappa shape index (κ1) is 22.6. The van der Waals surface area contributed by atoms with Crippen LogP contribution in [-0.4, -0.2) is 49.1 Å². The van der Waals surface area contributed by atoms with Gasteiger partial charge in [-0.3, -0.25) is 9.78 Å². The Balaban J connectivity index is 1.76. The van der Waals surface area contributed by atoms with E-state index in [2.05, 4.69) is 0 Å². The van der Waals surface area contributed by atoms with Crippen LogP contribution in [0.2, 0.25) is 0 Å². The molecule has 33 heavy (non-hydrogen) atoms. The molecule has 4 rings (SSSR count). The van der Waals surface area contributed by atoms with Crippen molar-refractivity contribution in [1.82, 2.24) is 9.88 Å². The van der Waals surface area contributed by atoms with E-state index < -0.39 is 0 Å². The molecule has 1 amide bonds. The molecule has 0 fully saturated rings. The van der Waals surface area contributed by atoms with Gasteiger partial charge in [0, 0.05) is 42.2 Å². The number of hydrogen-bond donors (Lipinski definition) is 0. The predicted octanol–water partition coefficient (Wildman–Crippen LogP) is 4.33. The predicted molar refractivity (Wildman–Crippen MR) is 125 cm³/mol. The van der Waals surface area contributed by atoms with E-state index in [1.54, 1.807) is 30.2 Å². The third kappa shape index (κ3) is 4.35. The number of methoxy groups -OCH3 is 2. The largest absolute Gasteiger partial charge is 0.497 e. The van der Waals surface area contributed by atoms with Crippen LogP contribution in [-0.2, 0) is 17.7 Å². The van der Waals surface area contributed by atoms with E-state index in [0.717, 1.165) is 34.1 Å². The molecular formula is C26H28N2O5. The highest BCUT2D eigenvalue weighted by Gasteiger charge is 2.30. The van der Waals surface area contributed by atoms with Gasteiger partial charge in [-0.25, -0.2) is 4.79 Å². The fourth-order valence-electron chi connectivity index (χ4n) is 4.17. The van der Waals surface area contributed by atoms with Gasteiger partial charge in [0.1, 0.15) is 11.5 Å². The summed E-state index contributed by atoms with van der Waals surface area (Å²) in [7, 11) is 3.09. The molecule has 2 aromatic carbocycles. The monoisotopic (exact) mass is 448 g/mol. The van der Waals surface area contributed by atoms with E-state index in [1.807, 2.05) is 32.0 Å². The van der Waals surface area contributed by atoms with E-state index >= 15 is 0 Å². The summed E-state index contributed by atoms with van der Waals surface area (Å²) in [5, 5.41) is 0.756. The maximum Gasteiger partial charge on any atom is 0.339 e. The average Bonchev–Trinajstić information content (AvgIpc) is 2.84. The summed E-state index contributed by atoms with van der Waals surface area (Å²) in [5.74, 6) is 0.513. The highest BCUT2D eigenvalue weighted by atomic mass is 16.5. The quantitative estimate of drug-likeness (QED) is 0.523. The van der Waals surface area contributed by atoms with Gasteiger partial charge in [0.05, 0.1) is 37.5 Å². The van der Waals surface area contributed by atoms with E-state index in [0.29, 0.717) is 42.2 Å². The van der Waals surface area contributed by atoms with Crippen LogP contribution in [0.15, 0.2) is 36.4 Å². The summed E-state index contributed by atoms with van der Waals surface area (Å²) in [6.45, 7) is 5.05. The van der Waals surface area contributed by atoms with Crippen molar-refractivity contribution in [2.24, 2.45) is 0 Å². The summed E-state index contributed by atoms with van der Waals surface area (Å²) in [6.07, 6.45) is 1.29. The fraction of sp³-hybridized carbons (Fsp3) is 0.346. The molecule has 2 heterocycles. The Morgan fingerprint density at radius 2 is 1.91 bits per heavy atom. The van der Waals surface area contributed by atoms with Crippen molar-refractivity contribution in [3.05, 3.63) is 64.3 Å². The molecule has 0 unspecified atom stereocenters. The Morgan fingerprint density at radius 1 is 1.09 bits per heavy atom. The molecule has 0 saturated heterocycles. The van der Waals surface area contributed by atoms with Gasteiger partial charge in [-0.05, 0) is 37.6 Å². The number of fused-ring (bicyclic) bond motifs is 2. The number of hydrogen-bond acceptors (Lipinski definition) is 6. The molecule has 3 aromatic rings. The van der Waals surface area contributed by atoms with Gasteiger partial charge in [-0.15, -0.1) is 0 Å². The number of esters is 1. The normalized spacial score (nSPS) is 12.9. The standard InChI is InChI=1S/C26H28N2O5/c1-5-12-33-26(30)24-19-13-16(2)6-9-21(19)27-22-10-11-28(15-20(22)24)25(29)18-8-7-17(31-3)14-23(18)32-4/h6-9,13-14H,5,10-12,15H2,1-4H3. The van der Waals surface area contributed by atoms with Gasteiger partial charge >= 0.3 is 5.97 Å². The summed E-state index contributed by atoms with van der Waals surface area (Å²) in [5.41, 5.74) is 4.33. The first-order valence-electron chi connectivity index (χ1n) is 11.1. The number of carbonyl (C=O) groups excluding carboxylic acids is 2. The number of ether oxygens (including phenoxy) is 3. The number of aryl methyl sites for hydroxylation is 1. The minimum Gasteiger partial charge on any atom is -0.497 e. The van der Waals surface area contributed by atoms with Crippen LogP contribution in [0.4, 0.5) is 0 Å². The SMILES string of the molecule is CCCOC(=O)c1c2c(nc3ccc(C)cc13)CCN(C(=O)c1ccc(OC)cc1OC)C2. The van der Waals surface area contributed by atoms with Gasteiger partial charge < -0.3 is 19.1 Å². The number of pyridine rings is 1. The molecule has 0 spiro atoms. The summed E-state index contributed by atoms with van der Waals surface area (Å²) < 4.78 is 16.2. The van der Waals surface area contributed by atoms with Crippen LogP contribution >= 0.6 is 0 Å². The highest BCUT2D eigenvalue weighted by molar-refractivity contribution is 6.05. The Kier molecular flexibility index (Phi) is 6.49. The third-order valence-corrected chi connectivity index (χ3v) is 5.86. The Bertz CT molecular complexity index is 1220. The van der Waals surface area contributed by atoms with E-state index in [4.69, 9.17) is 19.2 Å². The fourth-order valence-corrected chi connectivity index (χ4v) is 4.17. The van der Waals surface area contributed by atoms with Crippen molar-refractivity contribution in [2.45, 2.75) is 33.2 Å². The molecule has 1 aliphatic rings. The van der Waals surface area contributed by atoms with Crippen LogP contribution in [0.1, 0.15) is 50.9 Å². The van der Waals surface area contributed by atoms with Gasteiger partial charge in [0.2, 0.25) is 0 Å². The van der Waals surface area contributed by atoms with Gasteiger partial charge in [-0.2, -0.15) is 0 Å². The van der Waals surface area contributed by atoms with Crippen LogP contribution in [0.25, 0.3) is 10.9 Å². The number of aromatic nitrogens is 1. The lowest BCUT2D eigenvalue weighted by Gasteiger charge is -2.30. The van der Waals surface area contributed by atoms with Crippen molar-refractivity contribution in [3.63, 3.8) is 0 Å². The van der Waals surface area contributed by atoms with Crippen LogP contribution in [0.3, 0.4) is 0 Å². The summed E-state index contributed by atoms with van der Waals surface area (Å²) >= 11 is 0. The zero-order valence-electron chi connectivity index (χ0n) is 19.4. The maximum absolute atomic E-state index is 13.4. The Hall–Kier alpha value is -3.61. The molecule has 0 bridgehead atoms.